The Labute approximate surface area is 193 Å². The average molecular weight is 448 g/mol. The van der Waals surface area contributed by atoms with Crippen LogP contribution in [0.25, 0.3) is 22.1 Å². The lowest BCUT2D eigenvalue weighted by Gasteiger charge is -2.39. The molecule has 2 atom stereocenters. The fourth-order valence-corrected chi connectivity index (χ4v) is 5.10. The maximum absolute atomic E-state index is 12.7. The number of carbonyl (C=O) groups excluding carboxylic acids is 1. The van der Waals surface area contributed by atoms with E-state index in [-0.39, 0.29) is 29.9 Å². The molecule has 3 aromatic rings. The lowest BCUT2D eigenvalue weighted by atomic mass is 10.00. The molecule has 2 unspecified atom stereocenters. The first-order valence-corrected chi connectivity index (χ1v) is 11.6. The monoisotopic (exact) mass is 447 g/mol. The number of hydrogen-bond donors (Lipinski definition) is 0. The Morgan fingerprint density at radius 1 is 1.00 bits per heavy atom. The molecule has 2 bridgehead atoms. The van der Waals surface area contributed by atoms with Gasteiger partial charge in [0.05, 0.1) is 0 Å². The molecule has 33 heavy (non-hydrogen) atoms. The quantitative estimate of drug-likeness (QED) is 0.477. The molecule has 1 aromatic heterocycles. The summed E-state index contributed by atoms with van der Waals surface area (Å²) in [6, 6.07) is 17.3. The molecule has 0 spiro atoms. The maximum Gasteiger partial charge on any atom is 0.410 e. The van der Waals surface area contributed by atoms with E-state index in [0.717, 1.165) is 42.2 Å². The normalized spacial score (nSPS) is 22.4. The van der Waals surface area contributed by atoms with Gasteiger partial charge in [0, 0.05) is 42.4 Å². The topological polar surface area (TPSA) is 69.0 Å². The first kappa shape index (κ1) is 21.6. The van der Waals surface area contributed by atoms with Crippen molar-refractivity contribution in [1.29, 1.82) is 0 Å². The molecule has 6 heteroatoms. The van der Waals surface area contributed by atoms with Crippen LogP contribution in [0, 0.1) is 0 Å². The molecule has 2 aromatic carbocycles. The van der Waals surface area contributed by atoms with Crippen molar-refractivity contribution in [3.8, 4) is 16.9 Å². The van der Waals surface area contributed by atoms with Crippen molar-refractivity contribution in [3.63, 3.8) is 0 Å². The molecule has 2 aliphatic heterocycles. The third-order valence-corrected chi connectivity index (χ3v) is 6.40. The molecular formula is C27H29NO5. The van der Waals surface area contributed by atoms with E-state index in [1.54, 1.807) is 6.07 Å². The van der Waals surface area contributed by atoms with Crippen molar-refractivity contribution in [1.82, 2.24) is 4.90 Å². The number of hydrogen-bond acceptors (Lipinski definition) is 5. The van der Waals surface area contributed by atoms with Crippen LogP contribution in [0.4, 0.5) is 4.79 Å². The molecule has 0 radical (unpaired) electrons. The minimum Gasteiger partial charge on any atom is -0.490 e. The van der Waals surface area contributed by atoms with E-state index in [9.17, 15) is 9.59 Å². The van der Waals surface area contributed by atoms with Gasteiger partial charge in [0.1, 0.15) is 23.0 Å². The van der Waals surface area contributed by atoms with E-state index in [2.05, 4.69) is 0 Å². The second kappa shape index (κ2) is 8.25. The van der Waals surface area contributed by atoms with Crippen LogP contribution in [0.5, 0.6) is 5.75 Å². The van der Waals surface area contributed by atoms with E-state index < -0.39 is 5.60 Å². The molecule has 5 rings (SSSR count). The summed E-state index contributed by atoms with van der Waals surface area (Å²) >= 11 is 0. The third kappa shape index (κ3) is 4.47. The Morgan fingerprint density at radius 2 is 1.70 bits per heavy atom. The van der Waals surface area contributed by atoms with Gasteiger partial charge in [-0.15, -0.1) is 0 Å². The Morgan fingerprint density at radius 3 is 2.36 bits per heavy atom. The fraction of sp³-hybridized carbons (Fsp3) is 0.407. The number of fused-ring (bicyclic) bond motifs is 3. The van der Waals surface area contributed by atoms with Crippen molar-refractivity contribution in [3.05, 3.63) is 65.0 Å². The lowest BCUT2D eigenvalue weighted by molar-refractivity contribution is -0.00706. The van der Waals surface area contributed by atoms with Crippen molar-refractivity contribution < 1.29 is 18.7 Å². The van der Waals surface area contributed by atoms with Gasteiger partial charge in [-0.3, -0.25) is 0 Å². The van der Waals surface area contributed by atoms with Gasteiger partial charge in [-0.25, -0.2) is 9.59 Å². The number of benzene rings is 2. The Bertz CT molecular complexity index is 1210. The molecule has 0 saturated carbocycles. The number of amides is 1. The van der Waals surface area contributed by atoms with Gasteiger partial charge >= 0.3 is 11.7 Å². The van der Waals surface area contributed by atoms with Gasteiger partial charge < -0.3 is 18.8 Å². The number of piperidine rings is 1. The highest BCUT2D eigenvalue weighted by Crippen LogP contribution is 2.39. The van der Waals surface area contributed by atoms with Crippen LogP contribution >= 0.6 is 0 Å². The molecule has 172 valence electrons. The number of carbonyl (C=O) groups is 1. The van der Waals surface area contributed by atoms with Gasteiger partial charge in [-0.05, 0) is 56.9 Å². The van der Waals surface area contributed by atoms with Crippen molar-refractivity contribution in [2.45, 2.75) is 70.2 Å². The molecule has 0 N–H and O–H groups in total. The summed E-state index contributed by atoms with van der Waals surface area (Å²) in [6.07, 6.45) is 3.24. The first-order valence-electron chi connectivity index (χ1n) is 11.6. The number of ether oxygens (including phenoxy) is 2. The van der Waals surface area contributed by atoms with Crippen LogP contribution in [-0.2, 0) is 4.74 Å². The second-order valence-electron chi connectivity index (χ2n) is 9.99. The van der Waals surface area contributed by atoms with Crippen molar-refractivity contribution >= 4 is 17.1 Å². The zero-order valence-corrected chi connectivity index (χ0v) is 19.2. The molecule has 0 aliphatic carbocycles. The summed E-state index contributed by atoms with van der Waals surface area (Å²) in [5, 5.41) is 0.868. The molecular weight excluding hydrogens is 418 g/mol. The van der Waals surface area contributed by atoms with E-state index in [4.69, 9.17) is 13.9 Å². The molecule has 3 heterocycles. The molecule has 2 fully saturated rings. The van der Waals surface area contributed by atoms with E-state index in [0.29, 0.717) is 11.3 Å². The number of nitrogens with zero attached hydrogens (tertiary/aromatic N) is 1. The van der Waals surface area contributed by atoms with E-state index >= 15 is 0 Å². The van der Waals surface area contributed by atoms with Gasteiger partial charge in [-0.1, -0.05) is 30.3 Å². The molecule has 1 amide bonds. The summed E-state index contributed by atoms with van der Waals surface area (Å²) in [4.78, 5) is 26.8. The largest absolute Gasteiger partial charge is 0.490 e. The zero-order chi connectivity index (χ0) is 23.2. The zero-order valence-electron chi connectivity index (χ0n) is 19.2. The molecule has 2 saturated heterocycles. The number of rotatable bonds is 3. The van der Waals surface area contributed by atoms with Crippen LogP contribution in [0.15, 0.2) is 63.8 Å². The van der Waals surface area contributed by atoms with Gasteiger partial charge in [0.15, 0.2) is 0 Å². The van der Waals surface area contributed by atoms with Crippen molar-refractivity contribution in [2.24, 2.45) is 0 Å². The predicted octanol–water partition coefficient (Wildman–Crippen LogP) is 5.77. The smallest absolute Gasteiger partial charge is 0.410 e. The summed E-state index contributed by atoms with van der Waals surface area (Å²) in [7, 11) is 0. The van der Waals surface area contributed by atoms with E-state index in [1.165, 1.54) is 6.07 Å². The SMILES string of the molecule is CC(C)(C)OC(=O)N1C2CCC1CC(Oc1ccc3c(-c4ccccc4)cc(=O)oc3c1)C2. The highest BCUT2D eigenvalue weighted by Gasteiger charge is 2.45. The Balaban J connectivity index is 1.35. The Hall–Kier alpha value is -3.28. The average Bonchev–Trinajstić information content (AvgIpc) is 3.03. The van der Waals surface area contributed by atoms with Crippen LogP contribution < -0.4 is 10.4 Å². The van der Waals surface area contributed by atoms with Crippen LogP contribution in [0.1, 0.15) is 46.5 Å². The highest BCUT2D eigenvalue weighted by molar-refractivity contribution is 5.93. The predicted molar refractivity (Wildman–Crippen MR) is 126 cm³/mol. The lowest BCUT2D eigenvalue weighted by Crippen LogP contribution is -2.50. The minimum atomic E-state index is -0.502. The Kier molecular flexibility index (Phi) is 5.39. The first-order chi connectivity index (χ1) is 15.8. The third-order valence-electron chi connectivity index (χ3n) is 6.40. The maximum atomic E-state index is 12.7. The second-order valence-corrected chi connectivity index (χ2v) is 9.99. The summed E-state index contributed by atoms with van der Waals surface area (Å²) in [6.45, 7) is 5.68. The molecule has 2 aliphatic rings. The van der Waals surface area contributed by atoms with Gasteiger partial charge in [0.25, 0.3) is 0 Å². The highest BCUT2D eigenvalue weighted by atomic mass is 16.6. The van der Waals surface area contributed by atoms with Gasteiger partial charge in [-0.2, -0.15) is 0 Å². The summed E-state index contributed by atoms with van der Waals surface area (Å²) < 4.78 is 17.4. The van der Waals surface area contributed by atoms with Crippen LogP contribution in [0.2, 0.25) is 0 Å². The van der Waals surface area contributed by atoms with Crippen molar-refractivity contribution in [2.75, 3.05) is 0 Å². The summed E-state index contributed by atoms with van der Waals surface area (Å²) in [5.41, 5.74) is 1.43. The van der Waals surface area contributed by atoms with Crippen LogP contribution in [0.3, 0.4) is 0 Å². The van der Waals surface area contributed by atoms with Crippen LogP contribution in [-0.4, -0.2) is 34.8 Å². The fourth-order valence-electron chi connectivity index (χ4n) is 5.10. The van der Waals surface area contributed by atoms with Gasteiger partial charge in [0.2, 0.25) is 0 Å². The van der Waals surface area contributed by atoms with E-state index in [1.807, 2.05) is 68.1 Å². The minimum absolute atomic E-state index is 0.00247. The summed E-state index contributed by atoms with van der Waals surface area (Å²) in [5.74, 6) is 0.672. The molecule has 6 nitrogen and oxygen atoms in total. The standard InChI is InChI=1S/C27H29NO5/c1-27(2,3)33-26(30)28-18-9-10-19(28)14-21(13-18)31-20-11-12-22-23(17-7-5-4-6-8-17)16-25(29)32-24(22)15-20/h4-8,11-12,15-16,18-19,21H,9-10,13-14H2,1-3H3.